The van der Waals surface area contributed by atoms with Crippen LogP contribution >= 0.6 is 11.6 Å². The van der Waals surface area contributed by atoms with Crippen LogP contribution in [0.1, 0.15) is 24.8 Å². The van der Waals surface area contributed by atoms with Gasteiger partial charge in [0, 0.05) is 17.0 Å². The van der Waals surface area contributed by atoms with Gasteiger partial charge in [-0.2, -0.15) is 0 Å². The summed E-state index contributed by atoms with van der Waals surface area (Å²) in [7, 11) is 1.47. The zero-order chi connectivity index (χ0) is 23.7. The molecule has 2 heterocycles. The number of anilines is 2. The fourth-order valence-corrected chi connectivity index (χ4v) is 4.58. The van der Waals surface area contributed by atoms with Gasteiger partial charge in [-0.05, 0) is 56.6 Å². The number of likely N-dealkylation sites (tertiary alicyclic amines) is 1. The van der Waals surface area contributed by atoms with E-state index in [0.717, 1.165) is 5.56 Å². The molecule has 0 aromatic heterocycles. The van der Waals surface area contributed by atoms with E-state index in [-0.39, 0.29) is 35.8 Å². The molecule has 2 saturated heterocycles. The Balaban J connectivity index is 1.42. The Kier molecular flexibility index (Phi) is 6.58. The number of phenolic OH excluding ortho intramolecular Hbond substituents is 1. The molecule has 2 aromatic carbocycles. The van der Waals surface area contributed by atoms with Crippen LogP contribution in [0.2, 0.25) is 5.02 Å². The third-order valence-corrected chi connectivity index (χ3v) is 6.73. The standard InChI is InChI=1S/C24H26ClN3O5/c1-14-11-18(21(33-2)12-16(14)25)28-22(30)13-19(24(28)32)27-9-7-15(8-10-27)23(31)26-17-5-3-4-6-20(17)29/h3-6,11-12,15,19,29H,7-10,13H2,1-2H3,(H,26,31). The maximum Gasteiger partial charge on any atom is 0.251 e. The summed E-state index contributed by atoms with van der Waals surface area (Å²) in [6, 6.07) is 9.32. The summed E-state index contributed by atoms with van der Waals surface area (Å²) in [5.41, 5.74) is 1.52. The van der Waals surface area contributed by atoms with Crippen molar-refractivity contribution in [1.82, 2.24) is 4.90 Å². The second-order valence-corrected chi connectivity index (χ2v) is 8.78. The molecule has 0 aliphatic carbocycles. The van der Waals surface area contributed by atoms with Crippen LogP contribution in [0.25, 0.3) is 0 Å². The quantitative estimate of drug-likeness (QED) is 0.512. The Labute approximate surface area is 197 Å². The highest BCUT2D eigenvalue weighted by Crippen LogP contribution is 2.37. The van der Waals surface area contributed by atoms with Gasteiger partial charge in [0.25, 0.3) is 5.91 Å². The number of nitrogens with one attached hydrogen (secondary N) is 1. The summed E-state index contributed by atoms with van der Waals surface area (Å²) in [5, 5.41) is 13.1. The van der Waals surface area contributed by atoms with Gasteiger partial charge in [-0.1, -0.05) is 23.7 Å². The minimum Gasteiger partial charge on any atom is -0.506 e. The number of amides is 3. The van der Waals surface area contributed by atoms with Crippen LogP contribution < -0.4 is 15.0 Å². The van der Waals surface area contributed by atoms with E-state index in [1.54, 1.807) is 37.3 Å². The summed E-state index contributed by atoms with van der Waals surface area (Å²) in [6.45, 7) is 2.85. The number of carbonyl (C=O) groups is 3. The molecule has 0 radical (unpaired) electrons. The van der Waals surface area contributed by atoms with E-state index in [1.807, 2.05) is 4.90 Å². The first kappa shape index (κ1) is 23.1. The number of benzene rings is 2. The van der Waals surface area contributed by atoms with E-state index in [4.69, 9.17) is 16.3 Å². The fraction of sp³-hybridized carbons (Fsp3) is 0.375. The number of methoxy groups -OCH3 is 1. The summed E-state index contributed by atoms with van der Waals surface area (Å²) >= 11 is 6.17. The van der Waals surface area contributed by atoms with Crippen molar-refractivity contribution in [3.8, 4) is 11.5 Å². The van der Waals surface area contributed by atoms with Crippen LogP contribution in [0.5, 0.6) is 11.5 Å². The first-order valence-corrected chi connectivity index (χ1v) is 11.2. The SMILES string of the molecule is COc1cc(Cl)c(C)cc1N1C(=O)CC(N2CCC(C(=O)Nc3ccccc3O)CC2)C1=O. The van der Waals surface area contributed by atoms with Crippen molar-refractivity contribution in [2.75, 3.05) is 30.4 Å². The lowest BCUT2D eigenvalue weighted by molar-refractivity contribution is -0.123. The lowest BCUT2D eigenvalue weighted by Gasteiger charge is -2.34. The minimum absolute atomic E-state index is 0.0197. The molecule has 0 spiro atoms. The van der Waals surface area contributed by atoms with Gasteiger partial charge in [-0.25, -0.2) is 4.90 Å². The molecule has 3 amide bonds. The predicted molar refractivity (Wildman–Crippen MR) is 125 cm³/mol. The summed E-state index contributed by atoms with van der Waals surface area (Å²) in [5.74, 6) is -0.587. The van der Waals surface area contributed by atoms with E-state index in [1.165, 1.54) is 18.1 Å². The number of carbonyl (C=O) groups excluding carboxylic acids is 3. The van der Waals surface area contributed by atoms with Gasteiger partial charge in [0.2, 0.25) is 11.8 Å². The molecule has 2 fully saturated rings. The number of hydrogen-bond donors (Lipinski definition) is 2. The molecule has 2 aliphatic rings. The molecule has 2 N–H and O–H groups in total. The normalized spacial score (nSPS) is 19.7. The number of piperidine rings is 1. The number of imide groups is 1. The maximum atomic E-state index is 13.2. The van der Waals surface area contributed by atoms with E-state index in [0.29, 0.717) is 48.1 Å². The Hall–Kier alpha value is -3.10. The van der Waals surface area contributed by atoms with E-state index in [9.17, 15) is 19.5 Å². The first-order valence-electron chi connectivity index (χ1n) is 10.8. The summed E-state index contributed by atoms with van der Waals surface area (Å²) in [4.78, 5) is 41.8. The van der Waals surface area contributed by atoms with Crippen LogP contribution in [-0.2, 0) is 14.4 Å². The molecule has 33 heavy (non-hydrogen) atoms. The van der Waals surface area contributed by atoms with Crippen LogP contribution in [0.3, 0.4) is 0 Å². The van der Waals surface area contributed by atoms with Crippen LogP contribution in [0.4, 0.5) is 11.4 Å². The largest absolute Gasteiger partial charge is 0.506 e. The molecule has 2 aromatic rings. The monoisotopic (exact) mass is 471 g/mol. The van der Waals surface area contributed by atoms with Crippen molar-refractivity contribution in [3.05, 3.63) is 47.0 Å². The van der Waals surface area contributed by atoms with Crippen molar-refractivity contribution in [2.45, 2.75) is 32.2 Å². The van der Waals surface area contributed by atoms with E-state index >= 15 is 0 Å². The van der Waals surface area contributed by atoms with Crippen LogP contribution in [0, 0.1) is 12.8 Å². The number of hydrogen-bond acceptors (Lipinski definition) is 6. The second-order valence-electron chi connectivity index (χ2n) is 8.38. The Morgan fingerprint density at radius 1 is 1.18 bits per heavy atom. The van der Waals surface area contributed by atoms with Crippen molar-refractivity contribution in [2.24, 2.45) is 5.92 Å². The van der Waals surface area contributed by atoms with Gasteiger partial charge in [0.15, 0.2) is 0 Å². The van der Waals surface area contributed by atoms with Crippen molar-refractivity contribution >= 4 is 40.7 Å². The minimum atomic E-state index is -0.569. The van der Waals surface area contributed by atoms with Crippen molar-refractivity contribution < 1.29 is 24.2 Å². The number of nitrogens with zero attached hydrogens (tertiary/aromatic N) is 2. The van der Waals surface area contributed by atoms with Crippen molar-refractivity contribution in [3.63, 3.8) is 0 Å². The molecule has 1 unspecified atom stereocenters. The molecule has 0 bridgehead atoms. The number of aromatic hydroxyl groups is 1. The molecule has 174 valence electrons. The van der Waals surface area contributed by atoms with Gasteiger partial charge in [0.1, 0.15) is 11.5 Å². The van der Waals surface area contributed by atoms with Crippen molar-refractivity contribution in [1.29, 1.82) is 0 Å². The van der Waals surface area contributed by atoms with Gasteiger partial charge in [-0.3, -0.25) is 19.3 Å². The Morgan fingerprint density at radius 2 is 1.88 bits per heavy atom. The van der Waals surface area contributed by atoms with E-state index < -0.39 is 6.04 Å². The zero-order valence-electron chi connectivity index (χ0n) is 18.5. The van der Waals surface area contributed by atoms with Gasteiger partial charge >= 0.3 is 0 Å². The topological polar surface area (TPSA) is 99.2 Å². The number of rotatable bonds is 5. The number of phenols is 1. The number of halogens is 1. The first-order chi connectivity index (χ1) is 15.8. The molecule has 9 heteroatoms. The lowest BCUT2D eigenvalue weighted by atomic mass is 9.94. The lowest BCUT2D eigenvalue weighted by Crippen LogP contribution is -2.47. The average Bonchev–Trinajstić information content (AvgIpc) is 3.10. The third kappa shape index (κ3) is 4.54. The highest BCUT2D eigenvalue weighted by atomic mass is 35.5. The third-order valence-electron chi connectivity index (χ3n) is 6.33. The van der Waals surface area contributed by atoms with Gasteiger partial charge < -0.3 is 15.2 Å². The molecular formula is C24H26ClN3O5. The highest BCUT2D eigenvalue weighted by Gasteiger charge is 2.45. The Morgan fingerprint density at radius 3 is 2.55 bits per heavy atom. The van der Waals surface area contributed by atoms with E-state index in [2.05, 4.69) is 5.32 Å². The molecule has 1 atom stereocenters. The number of aryl methyl sites for hydroxylation is 1. The molecular weight excluding hydrogens is 446 g/mol. The van der Waals surface area contributed by atoms with Crippen LogP contribution in [-0.4, -0.2) is 54.0 Å². The number of ether oxygens (including phenoxy) is 1. The average molecular weight is 472 g/mol. The summed E-state index contributed by atoms with van der Waals surface area (Å²) < 4.78 is 5.36. The number of para-hydroxylation sites is 2. The maximum absolute atomic E-state index is 13.2. The molecule has 8 nitrogen and oxygen atoms in total. The van der Waals surface area contributed by atoms with Crippen LogP contribution in [0.15, 0.2) is 36.4 Å². The smallest absolute Gasteiger partial charge is 0.251 e. The summed E-state index contributed by atoms with van der Waals surface area (Å²) in [6.07, 6.45) is 1.19. The van der Waals surface area contributed by atoms with Gasteiger partial charge in [-0.15, -0.1) is 0 Å². The highest BCUT2D eigenvalue weighted by molar-refractivity contribution is 6.32. The molecule has 0 saturated carbocycles. The molecule has 4 rings (SSSR count). The fourth-order valence-electron chi connectivity index (χ4n) is 4.43. The second kappa shape index (κ2) is 9.41. The zero-order valence-corrected chi connectivity index (χ0v) is 19.3. The predicted octanol–water partition coefficient (Wildman–Crippen LogP) is 3.35. The Bertz CT molecular complexity index is 1100. The molecule has 2 aliphatic heterocycles. The van der Waals surface area contributed by atoms with Gasteiger partial charge in [0.05, 0.1) is 30.9 Å².